The standard InChI is InChI=1S/C18H26N2O6/c1-6-24-14(21)12-11-10(9-19)8-18(13(11)12,15(22)25-7-2)20-16(23)26-17(3,4)5/h10-13H,6-8H2,1-5H3,(H,20,23)/t10-,11-,12-,13?,18-/m1/s1. The third-order valence-electron chi connectivity index (χ3n) is 4.74. The molecule has 2 saturated carbocycles. The minimum absolute atomic E-state index is 0.0901. The zero-order valence-corrected chi connectivity index (χ0v) is 15.8. The summed E-state index contributed by atoms with van der Waals surface area (Å²) in [4.78, 5) is 37.3. The fourth-order valence-electron chi connectivity index (χ4n) is 3.91. The molecule has 1 unspecified atom stereocenters. The van der Waals surface area contributed by atoms with Gasteiger partial charge >= 0.3 is 18.0 Å². The van der Waals surface area contributed by atoms with Gasteiger partial charge in [-0.2, -0.15) is 5.26 Å². The smallest absolute Gasteiger partial charge is 0.408 e. The van der Waals surface area contributed by atoms with Crippen LogP contribution in [0, 0.1) is 35.0 Å². The molecule has 0 aliphatic heterocycles. The molecular weight excluding hydrogens is 340 g/mol. The predicted molar refractivity (Wildman–Crippen MR) is 89.6 cm³/mol. The summed E-state index contributed by atoms with van der Waals surface area (Å²) in [6.45, 7) is 8.79. The Morgan fingerprint density at radius 2 is 1.81 bits per heavy atom. The summed E-state index contributed by atoms with van der Waals surface area (Å²) in [5.74, 6) is -3.12. The van der Waals surface area contributed by atoms with Crippen LogP contribution in [0.3, 0.4) is 0 Å². The summed E-state index contributed by atoms with van der Waals surface area (Å²) < 4.78 is 15.5. The van der Waals surface area contributed by atoms with Gasteiger partial charge in [0.15, 0.2) is 0 Å². The van der Waals surface area contributed by atoms with E-state index >= 15 is 0 Å². The van der Waals surface area contributed by atoms with Gasteiger partial charge in [-0.1, -0.05) is 0 Å². The molecule has 26 heavy (non-hydrogen) atoms. The van der Waals surface area contributed by atoms with Gasteiger partial charge in [-0.05, 0) is 47.0 Å². The number of carbonyl (C=O) groups excluding carboxylic acids is 3. The van der Waals surface area contributed by atoms with Crippen LogP contribution in [-0.4, -0.2) is 42.4 Å². The van der Waals surface area contributed by atoms with Crippen LogP contribution < -0.4 is 5.32 Å². The lowest BCUT2D eigenvalue weighted by molar-refractivity contribution is -0.153. The molecule has 2 aliphatic rings. The maximum absolute atomic E-state index is 12.7. The van der Waals surface area contributed by atoms with Gasteiger partial charge in [0.25, 0.3) is 0 Å². The molecule has 144 valence electrons. The van der Waals surface area contributed by atoms with Crippen LogP contribution in [-0.2, 0) is 23.8 Å². The van der Waals surface area contributed by atoms with Gasteiger partial charge in [0.05, 0.1) is 31.1 Å². The Hall–Kier alpha value is -2.30. The number of nitrogens with zero attached hydrogens (tertiary/aromatic N) is 1. The number of nitriles is 1. The van der Waals surface area contributed by atoms with Crippen molar-refractivity contribution in [3.05, 3.63) is 0 Å². The highest BCUT2D eigenvalue weighted by atomic mass is 16.6. The Bertz CT molecular complexity index is 635. The van der Waals surface area contributed by atoms with Crippen molar-refractivity contribution in [3.8, 4) is 6.07 Å². The SMILES string of the molecule is CCOC(=O)[C@H]1C2[C@@H]1[C@@H](C#N)C[C@]2(NC(=O)OC(C)(C)C)C(=O)OCC. The first kappa shape index (κ1) is 20.0. The predicted octanol–water partition coefficient (Wildman–Crippen LogP) is 1.78. The van der Waals surface area contributed by atoms with Gasteiger partial charge in [-0.25, -0.2) is 9.59 Å². The van der Waals surface area contributed by atoms with E-state index in [0.29, 0.717) is 0 Å². The molecular formula is C18H26N2O6. The first-order valence-corrected chi connectivity index (χ1v) is 8.86. The minimum atomic E-state index is -1.46. The van der Waals surface area contributed by atoms with Crippen molar-refractivity contribution in [1.29, 1.82) is 5.26 Å². The summed E-state index contributed by atoms with van der Waals surface area (Å²) in [6.07, 6.45) is -0.690. The fraction of sp³-hybridized carbons (Fsp3) is 0.778. The van der Waals surface area contributed by atoms with E-state index in [-0.39, 0.29) is 25.6 Å². The third kappa shape index (κ3) is 3.62. The van der Waals surface area contributed by atoms with Crippen molar-refractivity contribution in [3.63, 3.8) is 0 Å². The number of hydrogen-bond donors (Lipinski definition) is 1. The topological polar surface area (TPSA) is 115 Å². The van der Waals surface area contributed by atoms with Gasteiger partial charge in [0.1, 0.15) is 11.1 Å². The Morgan fingerprint density at radius 1 is 1.19 bits per heavy atom. The highest BCUT2D eigenvalue weighted by Gasteiger charge is 2.76. The number of ether oxygens (including phenoxy) is 3. The van der Waals surface area contributed by atoms with E-state index in [1.807, 2.05) is 0 Å². The molecule has 0 aromatic carbocycles. The summed E-state index contributed by atoms with van der Waals surface area (Å²) in [7, 11) is 0. The van der Waals surface area contributed by atoms with Crippen LogP contribution in [0.5, 0.6) is 0 Å². The van der Waals surface area contributed by atoms with Crippen LogP contribution >= 0.6 is 0 Å². The molecule has 0 heterocycles. The fourth-order valence-corrected chi connectivity index (χ4v) is 3.91. The molecule has 0 bridgehead atoms. The normalized spacial score (nSPS) is 32.0. The average molecular weight is 366 g/mol. The van der Waals surface area contributed by atoms with Gasteiger partial charge in [0, 0.05) is 5.92 Å². The number of rotatable bonds is 5. The number of carbonyl (C=O) groups is 3. The molecule has 2 rings (SSSR count). The summed E-state index contributed by atoms with van der Waals surface area (Å²) in [5.41, 5.74) is -2.21. The third-order valence-corrected chi connectivity index (χ3v) is 4.74. The lowest BCUT2D eigenvalue weighted by atomic mass is 9.87. The molecule has 1 N–H and O–H groups in total. The molecule has 0 spiro atoms. The number of fused-ring (bicyclic) bond motifs is 1. The lowest BCUT2D eigenvalue weighted by Gasteiger charge is -2.32. The molecule has 2 aliphatic carbocycles. The van der Waals surface area contributed by atoms with Crippen molar-refractivity contribution in [1.82, 2.24) is 5.32 Å². The van der Waals surface area contributed by atoms with E-state index in [4.69, 9.17) is 14.2 Å². The summed E-state index contributed by atoms with van der Waals surface area (Å²) in [6, 6.07) is 2.15. The summed E-state index contributed by atoms with van der Waals surface area (Å²) in [5, 5.41) is 12.1. The number of alkyl carbamates (subject to hydrolysis) is 1. The second kappa shape index (κ2) is 7.14. The maximum atomic E-state index is 12.7. The quantitative estimate of drug-likeness (QED) is 0.582. The van der Waals surface area contributed by atoms with E-state index in [1.165, 1.54) is 0 Å². The van der Waals surface area contributed by atoms with E-state index in [1.54, 1.807) is 34.6 Å². The molecule has 0 aromatic heterocycles. The Morgan fingerprint density at radius 3 is 2.31 bits per heavy atom. The second-order valence-electron chi connectivity index (χ2n) is 7.64. The molecule has 8 nitrogen and oxygen atoms in total. The first-order valence-electron chi connectivity index (χ1n) is 8.86. The Labute approximate surface area is 153 Å². The van der Waals surface area contributed by atoms with Crippen LogP contribution in [0.15, 0.2) is 0 Å². The summed E-state index contributed by atoms with van der Waals surface area (Å²) >= 11 is 0. The van der Waals surface area contributed by atoms with Gasteiger partial charge in [-0.3, -0.25) is 4.79 Å². The first-order chi connectivity index (χ1) is 12.1. The Kier molecular flexibility index (Phi) is 5.49. The van der Waals surface area contributed by atoms with E-state index < -0.39 is 46.9 Å². The van der Waals surface area contributed by atoms with E-state index in [0.717, 1.165) is 0 Å². The van der Waals surface area contributed by atoms with Crippen LogP contribution in [0.1, 0.15) is 41.0 Å². The highest BCUT2D eigenvalue weighted by Crippen LogP contribution is 2.65. The van der Waals surface area contributed by atoms with E-state index in [2.05, 4.69) is 11.4 Å². The molecule has 0 saturated heterocycles. The number of nitrogens with one attached hydrogen (secondary N) is 1. The lowest BCUT2D eigenvalue weighted by Crippen LogP contribution is -2.58. The highest BCUT2D eigenvalue weighted by molar-refractivity contribution is 5.90. The molecule has 1 amide bonds. The zero-order valence-electron chi connectivity index (χ0n) is 15.8. The van der Waals surface area contributed by atoms with Crippen LogP contribution in [0.2, 0.25) is 0 Å². The van der Waals surface area contributed by atoms with Crippen molar-refractivity contribution in [2.24, 2.45) is 23.7 Å². The van der Waals surface area contributed by atoms with Gasteiger partial charge < -0.3 is 19.5 Å². The van der Waals surface area contributed by atoms with E-state index in [9.17, 15) is 19.6 Å². The number of hydrogen-bond acceptors (Lipinski definition) is 7. The minimum Gasteiger partial charge on any atom is -0.466 e. The van der Waals surface area contributed by atoms with Crippen molar-refractivity contribution in [2.45, 2.75) is 52.2 Å². The molecule has 0 aromatic rings. The number of esters is 2. The van der Waals surface area contributed by atoms with Crippen molar-refractivity contribution >= 4 is 18.0 Å². The molecule has 8 heteroatoms. The second-order valence-corrected chi connectivity index (χ2v) is 7.64. The largest absolute Gasteiger partial charge is 0.466 e. The molecule has 0 radical (unpaired) electrons. The average Bonchev–Trinajstić information content (AvgIpc) is 3.18. The zero-order chi connectivity index (χ0) is 19.7. The number of amides is 1. The van der Waals surface area contributed by atoms with Crippen molar-refractivity contribution < 1.29 is 28.6 Å². The van der Waals surface area contributed by atoms with Crippen LogP contribution in [0.25, 0.3) is 0 Å². The maximum Gasteiger partial charge on any atom is 0.408 e. The molecule has 2 fully saturated rings. The van der Waals surface area contributed by atoms with Gasteiger partial charge in [0.2, 0.25) is 0 Å². The van der Waals surface area contributed by atoms with Crippen molar-refractivity contribution in [2.75, 3.05) is 13.2 Å². The van der Waals surface area contributed by atoms with Crippen LogP contribution in [0.4, 0.5) is 4.79 Å². The Balaban J connectivity index is 2.32. The molecule has 5 atom stereocenters. The monoisotopic (exact) mass is 366 g/mol. The van der Waals surface area contributed by atoms with Gasteiger partial charge in [-0.15, -0.1) is 0 Å².